The maximum atomic E-state index is 6.54. The maximum absolute atomic E-state index is 6.54. The molecule has 13 aliphatic rings. The molecule has 24 aromatic rings. The number of benzene rings is 19. The second kappa shape index (κ2) is 34.1. The standard InChI is InChI=1S/C52H42N2.C47H39N.C46H37NO/c1-2-11-40(12-3-1)53-48-19-9-6-15-45(48)51-42(16-10-20-49(51)53)38-23-21-37(22-24-38)41-13-4-7-17-46(41)54-47-18-8-5-14-43(47)44-26-25-39(30-50(44)54)52-31-34-27-35(32-52)29-36(28-34)33-52;1-2-11-35-33(10-1)25-42-36(35)16-9-17-39(42)37-12-3-4-13-38(37)40-14-5-7-18-44(40)48-45-19-8-6-15-41(45)43-26-34(20-21-46(43)48)47-27-30-22-31(28-47)24-32(23-30)29-47;1-2-11-34(38-15-9-16-39-37-14-5-8-19-44(37)48-45(38)39)33(10-1)35-12-3-6-17-41(35)47-42-18-7-4-13-36(42)40-25-32(20-21-43(40)47)46-26-29-22-30(27-46)24-31(23-29)28-46/h1-26,30,34-36H,27-29,31-33H2;1-21,26,30-32H,22-25,27-29H2;1-21,25,29-31H,22-24,26-28H2. The second-order valence-electron chi connectivity index (χ2n) is 47.4. The minimum Gasteiger partial charge on any atom is -0.455 e. The number of fused-ring (bicyclic) bond motifs is 18. The Morgan fingerprint density at radius 1 is 0.193 bits per heavy atom. The Morgan fingerprint density at radius 2 is 0.513 bits per heavy atom. The van der Waals surface area contributed by atoms with E-state index in [9.17, 15) is 0 Å². The lowest BCUT2D eigenvalue weighted by molar-refractivity contribution is -0.00525. The van der Waals surface area contributed by atoms with Gasteiger partial charge in [0.15, 0.2) is 0 Å². The van der Waals surface area contributed by atoms with Gasteiger partial charge >= 0.3 is 0 Å². The molecule has 12 fully saturated rings. The number of nitrogens with zero attached hydrogens (tertiary/aromatic N) is 4. The van der Waals surface area contributed by atoms with E-state index in [4.69, 9.17) is 4.42 Å². The molecule has 5 heteroatoms. The molecular formula is C145H118N4O. The van der Waals surface area contributed by atoms with Crippen LogP contribution in [0.15, 0.2) is 435 Å². The molecule has 37 rings (SSSR count). The zero-order valence-electron chi connectivity index (χ0n) is 84.8. The van der Waals surface area contributed by atoms with Crippen LogP contribution >= 0.6 is 0 Å². The first-order chi connectivity index (χ1) is 74.1. The minimum atomic E-state index is 0.357. The van der Waals surface area contributed by atoms with Crippen molar-refractivity contribution in [2.45, 2.75) is 138 Å². The number of rotatable bonds is 13. The third-order valence-corrected chi connectivity index (χ3v) is 38.9. The first-order valence-corrected chi connectivity index (χ1v) is 56.0. The van der Waals surface area contributed by atoms with Crippen molar-refractivity contribution >= 4 is 109 Å². The predicted molar refractivity (Wildman–Crippen MR) is 624 cm³/mol. The summed E-state index contributed by atoms with van der Waals surface area (Å²) in [6.45, 7) is 0. The summed E-state index contributed by atoms with van der Waals surface area (Å²) in [7, 11) is 0. The van der Waals surface area contributed by atoms with Crippen molar-refractivity contribution in [1.82, 2.24) is 18.3 Å². The number of furan rings is 1. The van der Waals surface area contributed by atoms with Crippen molar-refractivity contribution in [2.24, 2.45) is 53.3 Å². The molecule has 724 valence electrons. The topological polar surface area (TPSA) is 32.9 Å². The predicted octanol–water partition coefficient (Wildman–Crippen LogP) is 38.3. The zero-order valence-corrected chi connectivity index (χ0v) is 84.8. The molecule has 19 aromatic carbocycles. The van der Waals surface area contributed by atoms with Crippen LogP contribution in [0, 0.1) is 53.3 Å². The summed E-state index contributed by atoms with van der Waals surface area (Å²) in [4.78, 5) is 0. The van der Waals surface area contributed by atoms with Gasteiger partial charge in [0.1, 0.15) is 11.2 Å². The van der Waals surface area contributed by atoms with Crippen molar-refractivity contribution < 1.29 is 4.42 Å². The monoisotopic (exact) mass is 1930 g/mol. The van der Waals surface area contributed by atoms with E-state index < -0.39 is 0 Å². The second-order valence-corrected chi connectivity index (χ2v) is 47.4. The Balaban J connectivity index is 0.0000000995. The van der Waals surface area contributed by atoms with Gasteiger partial charge < -0.3 is 22.7 Å². The van der Waals surface area contributed by atoms with E-state index in [1.165, 1.54) is 309 Å². The van der Waals surface area contributed by atoms with E-state index in [1.807, 2.05) is 6.07 Å². The summed E-state index contributed by atoms with van der Waals surface area (Å²) < 4.78 is 16.6. The Morgan fingerprint density at radius 3 is 1.03 bits per heavy atom. The average molecular weight is 1930 g/mol. The third kappa shape index (κ3) is 13.7. The molecule has 13 aliphatic carbocycles. The van der Waals surface area contributed by atoms with Gasteiger partial charge in [-0.15, -0.1) is 0 Å². The quantitative estimate of drug-likeness (QED) is 0.113. The van der Waals surface area contributed by atoms with Crippen LogP contribution in [0.3, 0.4) is 0 Å². The highest BCUT2D eigenvalue weighted by atomic mass is 16.3. The number of aromatic nitrogens is 4. The summed E-state index contributed by atoms with van der Waals surface area (Å²) in [5.41, 5.74) is 43.4. The molecule has 0 atom stereocenters. The van der Waals surface area contributed by atoms with Crippen molar-refractivity contribution in [1.29, 1.82) is 0 Å². The van der Waals surface area contributed by atoms with E-state index in [1.54, 1.807) is 16.7 Å². The van der Waals surface area contributed by atoms with Gasteiger partial charge in [-0.2, -0.15) is 0 Å². The van der Waals surface area contributed by atoms with Crippen LogP contribution in [-0.4, -0.2) is 18.3 Å². The highest BCUT2D eigenvalue weighted by molar-refractivity contribution is 6.18. The Hall–Kier alpha value is -15.8. The molecule has 0 radical (unpaired) electrons. The third-order valence-electron chi connectivity index (χ3n) is 38.9. The first-order valence-electron chi connectivity index (χ1n) is 56.0. The summed E-state index contributed by atoms with van der Waals surface area (Å²) in [6, 6.07) is 161. The molecule has 12 saturated carbocycles. The maximum Gasteiger partial charge on any atom is 0.143 e. The van der Waals surface area contributed by atoms with Gasteiger partial charge in [-0.25, -0.2) is 0 Å². The van der Waals surface area contributed by atoms with E-state index in [-0.39, 0.29) is 0 Å². The molecule has 0 aliphatic heterocycles. The molecule has 150 heavy (non-hydrogen) atoms. The fourth-order valence-electron chi connectivity index (χ4n) is 34.0. The van der Waals surface area contributed by atoms with Crippen LogP contribution in [0.25, 0.3) is 210 Å². The molecule has 0 saturated heterocycles. The van der Waals surface area contributed by atoms with Crippen molar-refractivity contribution in [3.05, 3.63) is 459 Å². The molecule has 5 heterocycles. The smallest absolute Gasteiger partial charge is 0.143 e. The zero-order chi connectivity index (χ0) is 98.2. The van der Waals surface area contributed by atoms with Crippen LogP contribution in [-0.2, 0) is 22.7 Å². The Bertz CT molecular complexity index is 9530. The lowest BCUT2D eigenvalue weighted by Gasteiger charge is -2.57. The van der Waals surface area contributed by atoms with Gasteiger partial charge in [0.25, 0.3) is 0 Å². The molecule has 0 amide bonds. The summed E-state index contributed by atoms with van der Waals surface area (Å²) >= 11 is 0. The molecule has 0 spiro atoms. The van der Waals surface area contributed by atoms with Gasteiger partial charge in [-0.05, 0) is 372 Å². The molecule has 0 N–H and O–H groups in total. The summed E-state index contributed by atoms with van der Waals surface area (Å²) in [5.74, 6) is 8.42. The van der Waals surface area contributed by atoms with Crippen molar-refractivity contribution in [3.63, 3.8) is 0 Å². The van der Waals surface area contributed by atoms with Crippen LogP contribution in [0.2, 0.25) is 0 Å². The van der Waals surface area contributed by atoms with Crippen LogP contribution in [0.1, 0.15) is 143 Å². The number of hydrogen-bond acceptors (Lipinski definition) is 1. The Kier molecular flexibility index (Phi) is 19.8. The molecule has 5 nitrogen and oxygen atoms in total. The fraction of sp³-hybridized carbons (Fsp3) is 0.214. The highest BCUT2D eigenvalue weighted by Gasteiger charge is 2.55. The van der Waals surface area contributed by atoms with Crippen LogP contribution in [0.5, 0.6) is 0 Å². The summed E-state index contributed by atoms with van der Waals surface area (Å²) in [5, 5.41) is 13.1. The van der Waals surface area contributed by atoms with E-state index in [2.05, 4.69) is 443 Å². The van der Waals surface area contributed by atoms with Gasteiger partial charge in [-0.3, -0.25) is 0 Å². The van der Waals surface area contributed by atoms with Crippen molar-refractivity contribution in [3.8, 4) is 101 Å². The first kappa shape index (κ1) is 87.2. The Labute approximate surface area is 876 Å². The average Bonchev–Trinajstić information content (AvgIpc) is 1.59. The molecular weight excluding hydrogens is 1810 g/mol. The van der Waals surface area contributed by atoms with E-state index >= 15 is 0 Å². The number of para-hydroxylation sites is 10. The van der Waals surface area contributed by atoms with Gasteiger partial charge in [-0.1, -0.05) is 334 Å². The lowest BCUT2D eigenvalue weighted by atomic mass is 9.48. The van der Waals surface area contributed by atoms with Gasteiger partial charge in [0.05, 0.1) is 61.2 Å². The molecule has 12 bridgehead atoms. The van der Waals surface area contributed by atoms with Gasteiger partial charge in [0.2, 0.25) is 0 Å². The van der Waals surface area contributed by atoms with E-state index in [0.29, 0.717) is 16.2 Å². The fourth-order valence-corrected chi connectivity index (χ4v) is 34.0. The van der Waals surface area contributed by atoms with Crippen molar-refractivity contribution in [2.75, 3.05) is 0 Å². The normalized spacial score (nSPS) is 22.8. The lowest BCUT2D eigenvalue weighted by Crippen LogP contribution is -2.48. The van der Waals surface area contributed by atoms with Crippen LogP contribution in [0.4, 0.5) is 0 Å². The minimum absolute atomic E-state index is 0.357. The van der Waals surface area contributed by atoms with Crippen LogP contribution < -0.4 is 0 Å². The molecule has 5 aromatic heterocycles. The van der Waals surface area contributed by atoms with Gasteiger partial charge in [0, 0.05) is 81.8 Å². The molecule has 0 unspecified atom stereocenters. The highest BCUT2D eigenvalue weighted by Crippen LogP contribution is 2.66. The summed E-state index contributed by atoms with van der Waals surface area (Å²) in [6.07, 6.45) is 26.8. The number of hydrogen-bond donors (Lipinski definition) is 0. The van der Waals surface area contributed by atoms with E-state index in [0.717, 1.165) is 87.2 Å². The largest absolute Gasteiger partial charge is 0.455 e. The SMILES string of the molecule is c1ccc(-c2cccc3c2oc2ccccc23)c(-c2ccccc2-n2c3ccccc3c3cc(C45CC6CC(CC(C6)C4)C5)ccc32)c1.c1ccc(-n2c3ccccc3c3c(-c4ccc(-c5ccccc5-n5c6ccccc6c6ccc(C78CC9CC(CC(C9)C7)C8)cc65)cc4)cccc32)cc1.c1ccc2c(c1)Cc1c-2cccc1-c1ccccc1-c1ccccc1-n1c2ccccc2c2cc(C34CC5CC(CC(C5)C3)C4)ccc21.